The fraction of sp³-hybridized carbons (Fsp3) is 0.467. The van der Waals surface area contributed by atoms with E-state index in [4.69, 9.17) is 9.84 Å². The van der Waals surface area contributed by atoms with Crippen LogP contribution in [0.25, 0.3) is 0 Å². The van der Waals surface area contributed by atoms with E-state index in [2.05, 4.69) is 5.32 Å². The molecule has 0 heterocycles. The van der Waals surface area contributed by atoms with E-state index in [0.717, 1.165) is 6.92 Å². The molecule has 1 aromatic carbocycles. The highest BCUT2D eigenvalue weighted by molar-refractivity contribution is 5.85. The Balaban J connectivity index is 2.82. The molecule has 0 aliphatic heterocycles. The molecule has 1 rings (SSSR count). The van der Waals surface area contributed by atoms with Crippen LogP contribution in [0.15, 0.2) is 18.2 Å². The highest BCUT2D eigenvalue weighted by atomic mass is 16.6. The molecule has 4 N–H and O–H groups in total. The second-order valence-corrected chi connectivity index (χ2v) is 6.23. The number of carboxylic acid groups (broad SMARTS) is 1. The highest BCUT2D eigenvalue weighted by Gasteiger charge is 2.31. The van der Waals surface area contributed by atoms with Crippen molar-refractivity contribution < 1.29 is 29.6 Å². The third-order valence-electron chi connectivity index (χ3n) is 2.73. The lowest BCUT2D eigenvalue weighted by Gasteiger charge is -2.20. The lowest BCUT2D eigenvalue weighted by Crippen LogP contribution is -2.37. The quantitative estimate of drug-likeness (QED) is 0.677. The molecule has 0 saturated carbocycles. The van der Waals surface area contributed by atoms with Crippen molar-refractivity contribution in [3.8, 4) is 5.75 Å². The Morgan fingerprint density at radius 2 is 1.82 bits per heavy atom. The molecule has 7 nitrogen and oxygen atoms in total. The molecule has 0 spiro atoms. The maximum absolute atomic E-state index is 11.6. The lowest BCUT2D eigenvalue weighted by atomic mass is 9.96. The Morgan fingerprint density at radius 1 is 1.23 bits per heavy atom. The van der Waals surface area contributed by atoms with Gasteiger partial charge in [0, 0.05) is 18.2 Å². The molecule has 0 saturated heterocycles. The summed E-state index contributed by atoms with van der Waals surface area (Å²) in [5.41, 5.74) is -2.09. The summed E-state index contributed by atoms with van der Waals surface area (Å²) in [6.07, 6.45) is -0.932. The second kappa shape index (κ2) is 6.23. The number of carbonyl (C=O) groups is 2. The van der Waals surface area contributed by atoms with Gasteiger partial charge in [-0.05, 0) is 39.3 Å². The van der Waals surface area contributed by atoms with Gasteiger partial charge < -0.3 is 20.1 Å². The zero-order valence-corrected chi connectivity index (χ0v) is 13.0. The largest absolute Gasteiger partial charge is 0.508 e. The van der Waals surface area contributed by atoms with Crippen molar-refractivity contribution in [2.75, 3.05) is 5.32 Å². The number of carbonyl (C=O) groups excluding carboxylic acids is 1. The highest BCUT2D eigenvalue weighted by Crippen LogP contribution is 2.26. The van der Waals surface area contributed by atoms with E-state index >= 15 is 0 Å². The van der Waals surface area contributed by atoms with E-state index in [1.165, 1.54) is 18.2 Å². The van der Waals surface area contributed by atoms with Crippen molar-refractivity contribution >= 4 is 17.7 Å². The van der Waals surface area contributed by atoms with Gasteiger partial charge in [-0.1, -0.05) is 6.07 Å². The standard InChI is InChI=1S/C15H21NO6/c1-14(2,3)22-13(20)16-10-6-5-9(11(17)7-10)8-15(4,21)12(18)19/h5-7,17,21H,8H2,1-4H3,(H,16,20)(H,18,19). The Kier molecular flexibility index (Phi) is 5.03. The maximum Gasteiger partial charge on any atom is 0.412 e. The van der Waals surface area contributed by atoms with Gasteiger partial charge in [0.15, 0.2) is 5.60 Å². The molecule has 1 aromatic rings. The molecule has 0 bridgehead atoms. The van der Waals surface area contributed by atoms with Crippen LogP contribution in [0.4, 0.5) is 10.5 Å². The topological polar surface area (TPSA) is 116 Å². The number of anilines is 1. The van der Waals surface area contributed by atoms with Gasteiger partial charge in [0.05, 0.1) is 0 Å². The van der Waals surface area contributed by atoms with Gasteiger partial charge in [0.1, 0.15) is 11.4 Å². The molecule has 0 fully saturated rings. The van der Waals surface area contributed by atoms with E-state index in [9.17, 15) is 19.8 Å². The third kappa shape index (κ3) is 5.25. The molecule has 122 valence electrons. The molecule has 1 unspecified atom stereocenters. The Bertz CT molecular complexity index is 574. The zero-order chi connectivity index (χ0) is 17.1. The van der Waals surface area contributed by atoms with Crippen LogP contribution in [-0.2, 0) is 16.0 Å². The summed E-state index contributed by atoms with van der Waals surface area (Å²) in [7, 11) is 0. The van der Waals surface area contributed by atoms with Crippen molar-refractivity contribution in [3.63, 3.8) is 0 Å². The van der Waals surface area contributed by atoms with Crippen molar-refractivity contribution in [3.05, 3.63) is 23.8 Å². The molecule has 0 aliphatic carbocycles. The van der Waals surface area contributed by atoms with E-state index in [1.807, 2.05) is 0 Å². The first-order chi connectivity index (χ1) is 9.90. The van der Waals surface area contributed by atoms with Crippen LogP contribution in [0.5, 0.6) is 5.75 Å². The molecule has 0 radical (unpaired) electrons. The van der Waals surface area contributed by atoms with E-state index in [1.54, 1.807) is 20.8 Å². The van der Waals surface area contributed by atoms with Crippen LogP contribution in [0.3, 0.4) is 0 Å². The van der Waals surface area contributed by atoms with Crippen molar-refractivity contribution in [2.24, 2.45) is 0 Å². The fourth-order valence-electron chi connectivity index (χ4n) is 1.66. The van der Waals surface area contributed by atoms with E-state index < -0.39 is 23.3 Å². The SMILES string of the molecule is CC(C)(C)OC(=O)Nc1ccc(CC(C)(O)C(=O)O)c(O)c1. The number of hydrogen-bond donors (Lipinski definition) is 4. The molecule has 22 heavy (non-hydrogen) atoms. The maximum atomic E-state index is 11.6. The van der Waals surface area contributed by atoms with Crippen molar-refractivity contribution in [1.29, 1.82) is 0 Å². The number of hydrogen-bond acceptors (Lipinski definition) is 5. The Labute approximate surface area is 128 Å². The van der Waals surface area contributed by atoms with Gasteiger partial charge in [-0.3, -0.25) is 5.32 Å². The minimum Gasteiger partial charge on any atom is -0.508 e. The van der Waals surface area contributed by atoms with Crippen LogP contribution in [-0.4, -0.2) is 38.6 Å². The number of aromatic hydroxyl groups is 1. The second-order valence-electron chi connectivity index (χ2n) is 6.23. The molecular formula is C15H21NO6. The third-order valence-corrected chi connectivity index (χ3v) is 2.73. The summed E-state index contributed by atoms with van der Waals surface area (Å²) in [6.45, 7) is 6.31. The number of aliphatic hydroxyl groups is 1. The van der Waals surface area contributed by atoms with E-state index in [-0.39, 0.29) is 17.7 Å². The average molecular weight is 311 g/mol. The predicted molar refractivity (Wildman–Crippen MR) is 79.9 cm³/mol. The number of benzene rings is 1. The first-order valence-corrected chi connectivity index (χ1v) is 6.68. The number of phenols is 1. The molecule has 0 aliphatic rings. The van der Waals surface area contributed by atoms with Gasteiger partial charge in [-0.25, -0.2) is 9.59 Å². The summed E-state index contributed by atoms with van der Waals surface area (Å²) in [5, 5.41) is 30.9. The monoisotopic (exact) mass is 311 g/mol. The summed E-state index contributed by atoms with van der Waals surface area (Å²) < 4.78 is 5.07. The number of carboxylic acids is 1. The number of amides is 1. The van der Waals surface area contributed by atoms with Gasteiger partial charge in [0.25, 0.3) is 0 Å². The molecule has 1 atom stereocenters. The number of phenolic OH excluding ortho intramolecular Hbond substituents is 1. The van der Waals surface area contributed by atoms with Crippen LogP contribution in [0, 0.1) is 0 Å². The fourth-order valence-corrected chi connectivity index (χ4v) is 1.66. The minimum absolute atomic E-state index is 0.227. The first-order valence-electron chi connectivity index (χ1n) is 6.68. The summed E-state index contributed by atoms with van der Waals surface area (Å²) in [6, 6.07) is 4.17. The summed E-state index contributed by atoms with van der Waals surface area (Å²) >= 11 is 0. The number of aliphatic carboxylic acids is 1. The number of rotatable bonds is 4. The van der Waals surface area contributed by atoms with Crippen LogP contribution in [0.2, 0.25) is 0 Å². The zero-order valence-electron chi connectivity index (χ0n) is 13.0. The van der Waals surface area contributed by atoms with Gasteiger partial charge in [-0.2, -0.15) is 0 Å². The molecule has 0 aromatic heterocycles. The van der Waals surface area contributed by atoms with Gasteiger partial charge in [-0.15, -0.1) is 0 Å². The minimum atomic E-state index is -1.99. The molecular weight excluding hydrogens is 290 g/mol. The molecule has 7 heteroatoms. The average Bonchev–Trinajstić information content (AvgIpc) is 2.29. The van der Waals surface area contributed by atoms with Gasteiger partial charge >= 0.3 is 12.1 Å². The lowest BCUT2D eigenvalue weighted by molar-refractivity contribution is -0.156. The number of nitrogens with one attached hydrogen (secondary N) is 1. The first kappa shape index (κ1) is 17.8. The van der Waals surface area contributed by atoms with Crippen molar-refractivity contribution in [1.82, 2.24) is 0 Å². The Morgan fingerprint density at radius 3 is 2.27 bits per heavy atom. The summed E-state index contributed by atoms with van der Waals surface area (Å²) in [4.78, 5) is 22.5. The van der Waals surface area contributed by atoms with Crippen molar-refractivity contribution in [2.45, 2.75) is 45.3 Å². The normalized spacial score (nSPS) is 14.0. The summed E-state index contributed by atoms with van der Waals surface area (Å²) in [5.74, 6) is -1.61. The smallest absolute Gasteiger partial charge is 0.412 e. The van der Waals surface area contributed by atoms with Crippen LogP contribution in [0.1, 0.15) is 33.3 Å². The predicted octanol–water partition coefficient (Wildman–Crippen LogP) is 2.12. The van der Waals surface area contributed by atoms with Crippen LogP contribution < -0.4 is 5.32 Å². The van der Waals surface area contributed by atoms with Gasteiger partial charge in [0.2, 0.25) is 0 Å². The van der Waals surface area contributed by atoms with Crippen LogP contribution >= 0.6 is 0 Å². The van der Waals surface area contributed by atoms with E-state index in [0.29, 0.717) is 5.69 Å². The molecule has 1 amide bonds. The number of ether oxygens (including phenoxy) is 1. The Hall–Kier alpha value is -2.28.